The zero-order valence-electron chi connectivity index (χ0n) is 11.4. The fraction of sp³-hybridized carbons (Fsp3) is 0.333. The van der Waals surface area contributed by atoms with Gasteiger partial charge in [-0.1, -0.05) is 75.2 Å². The Morgan fingerprint density at radius 1 is 0.667 bits per heavy atom. The van der Waals surface area contributed by atoms with Crippen molar-refractivity contribution in [3.8, 4) is 11.1 Å². The average molecular weight is 238 g/mol. The summed E-state index contributed by atoms with van der Waals surface area (Å²) in [5.41, 5.74) is 5.72. The van der Waals surface area contributed by atoms with Crippen LogP contribution in [0.5, 0.6) is 0 Å². The first-order valence-electron chi connectivity index (χ1n) is 7.02. The third kappa shape index (κ3) is 3.01. The second kappa shape index (κ2) is 6.39. The van der Waals surface area contributed by atoms with Gasteiger partial charge in [-0.3, -0.25) is 0 Å². The minimum atomic E-state index is 1.19. The molecule has 0 aliphatic rings. The van der Waals surface area contributed by atoms with Crippen LogP contribution in [0.3, 0.4) is 0 Å². The molecular formula is C18H22. The van der Waals surface area contributed by atoms with E-state index in [2.05, 4.69) is 62.4 Å². The van der Waals surface area contributed by atoms with Crippen molar-refractivity contribution >= 4 is 0 Å². The van der Waals surface area contributed by atoms with Crippen LogP contribution in [0, 0.1) is 0 Å². The molecule has 0 amide bonds. The monoisotopic (exact) mass is 238 g/mol. The molecule has 0 aromatic heterocycles. The van der Waals surface area contributed by atoms with Gasteiger partial charge in [-0.15, -0.1) is 0 Å². The summed E-state index contributed by atoms with van der Waals surface area (Å²) in [7, 11) is 0. The van der Waals surface area contributed by atoms with Gasteiger partial charge in [0.2, 0.25) is 0 Å². The van der Waals surface area contributed by atoms with E-state index in [9.17, 15) is 0 Å². The Morgan fingerprint density at radius 2 is 1.33 bits per heavy atom. The molecule has 0 unspecified atom stereocenters. The third-order valence-corrected chi connectivity index (χ3v) is 3.35. The Morgan fingerprint density at radius 3 is 2.00 bits per heavy atom. The summed E-state index contributed by atoms with van der Waals surface area (Å²) < 4.78 is 0. The molecule has 0 aliphatic carbocycles. The van der Waals surface area contributed by atoms with E-state index >= 15 is 0 Å². The number of hydrogen-bond donors (Lipinski definition) is 0. The maximum atomic E-state index is 2.38. The summed E-state index contributed by atoms with van der Waals surface area (Å²) in [5, 5.41) is 0. The average Bonchev–Trinajstić information content (AvgIpc) is 2.42. The lowest BCUT2D eigenvalue weighted by Gasteiger charge is -2.11. The quantitative estimate of drug-likeness (QED) is 0.666. The number of rotatable bonds is 5. The topological polar surface area (TPSA) is 0 Å². The van der Waals surface area contributed by atoms with Crippen LogP contribution < -0.4 is 0 Å². The van der Waals surface area contributed by atoms with Gasteiger partial charge in [0.15, 0.2) is 0 Å². The van der Waals surface area contributed by atoms with E-state index in [1.807, 2.05) is 0 Å². The zero-order chi connectivity index (χ0) is 12.8. The van der Waals surface area contributed by atoms with Crippen molar-refractivity contribution in [1.29, 1.82) is 0 Å². The van der Waals surface area contributed by atoms with Gasteiger partial charge >= 0.3 is 0 Å². The first kappa shape index (κ1) is 12.9. The zero-order valence-corrected chi connectivity index (χ0v) is 11.4. The van der Waals surface area contributed by atoms with Crippen LogP contribution in [0.2, 0.25) is 0 Å². The van der Waals surface area contributed by atoms with E-state index in [1.165, 1.54) is 47.9 Å². The second-order valence-electron chi connectivity index (χ2n) is 4.85. The Labute approximate surface area is 111 Å². The highest BCUT2D eigenvalue weighted by atomic mass is 14.1. The maximum absolute atomic E-state index is 2.38. The molecule has 0 N–H and O–H groups in total. The van der Waals surface area contributed by atoms with Crippen LogP contribution in [0.1, 0.15) is 37.8 Å². The van der Waals surface area contributed by atoms with Gasteiger partial charge in [0.05, 0.1) is 0 Å². The molecule has 0 nitrogen and oxygen atoms in total. The van der Waals surface area contributed by atoms with Gasteiger partial charge in [0.1, 0.15) is 0 Å². The molecule has 0 atom stereocenters. The molecule has 2 rings (SSSR count). The van der Waals surface area contributed by atoms with Crippen LogP contribution in [0.15, 0.2) is 48.5 Å². The van der Waals surface area contributed by atoms with Gasteiger partial charge in [-0.25, -0.2) is 0 Å². The molecule has 0 spiro atoms. The van der Waals surface area contributed by atoms with Gasteiger partial charge in [0, 0.05) is 0 Å². The summed E-state index contributed by atoms with van der Waals surface area (Å²) in [6.45, 7) is 4.51. The van der Waals surface area contributed by atoms with Crippen LogP contribution in [-0.4, -0.2) is 0 Å². The number of hydrogen-bond acceptors (Lipinski definition) is 0. The van der Waals surface area contributed by atoms with Gasteiger partial charge in [0.25, 0.3) is 0 Å². The van der Waals surface area contributed by atoms with Crippen molar-refractivity contribution in [3.63, 3.8) is 0 Å². The van der Waals surface area contributed by atoms with Crippen LogP contribution in [0.4, 0.5) is 0 Å². The Hall–Kier alpha value is -1.56. The highest BCUT2D eigenvalue weighted by molar-refractivity contribution is 5.64. The maximum Gasteiger partial charge on any atom is -0.0181 e. The molecule has 0 heteroatoms. The van der Waals surface area contributed by atoms with Crippen molar-refractivity contribution in [2.45, 2.75) is 39.5 Å². The summed E-state index contributed by atoms with van der Waals surface area (Å²) in [4.78, 5) is 0. The lowest BCUT2D eigenvalue weighted by molar-refractivity contribution is 0.861. The van der Waals surface area contributed by atoms with Crippen LogP contribution in [0.25, 0.3) is 11.1 Å². The third-order valence-electron chi connectivity index (χ3n) is 3.35. The van der Waals surface area contributed by atoms with Gasteiger partial charge in [-0.2, -0.15) is 0 Å². The summed E-state index contributed by atoms with van der Waals surface area (Å²) in [6, 6.07) is 17.6. The normalized spacial score (nSPS) is 10.6. The van der Waals surface area contributed by atoms with E-state index in [1.54, 1.807) is 0 Å². The molecule has 0 bridgehead atoms. The molecule has 0 saturated carbocycles. The predicted octanol–water partition coefficient (Wildman–Crippen LogP) is 5.26. The molecule has 2 aromatic rings. The number of benzene rings is 2. The molecular weight excluding hydrogens is 216 g/mol. The first-order valence-corrected chi connectivity index (χ1v) is 7.02. The lowest BCUT2D eigenvalue weighted by Crippen LogP contribution is -1.94. The minimum Gasteiger partial charge on any atom is -0.0651 e. The van der Waals surface area contributed by atoms with Crippen molar-refractivity contribution in [1.82, 2.24) is 0 Å². The van der Waals surface area contributed by atoms with Crippen molar-refractivity contribution < 1.29 is 0 Å². The predicted molar refractivity (Wildman–Crippen MR) is 79.9 cm³/mol. The van der Waals surface area contributed by atoms with E-state index < -0.39 is 0 Å². The fourth-order valence-electron chi connectivity index (χ4n) is 2.45. The van der Waals surface area contributed by atoms with Crippen molar-refractivity contribution in [2.75, 3.05) is 0 Å². The second-order valence-corrected chi connectivity index (χ2v) is 4.85. The number of aryl methyl sites for hydroxylation is 2. The van der Waals surface area contributed by atoms with E-state index in [-0.39, 0.29) is 0 Å². The Balaban J connectivity index is 2.36. The molecule has 0 heterocycles. The largest absolute Gasteiger partial charge is 0.0651 e. The summed E-state index contributed by atoms with van der Waals surface area (Å²) in [6.07, 6.45) is 4.83. The van der Waals surface area contributed by atoms with Crippen LogP contribution >= 0.6 is 0 Å². The van der Waals surface area contributed by atoms with Gasteiger partial charge in [-0.05, 0) is 35.1 Å². The minimum absolute atomic E-state index is 1.19. The first-order chi connectivity index (χ1) is 8.85. The molecule has 0 radical (unpaired) electrons. The van der Waals surface area contributed by atoms with E-state index in [4.69, 9.17) is 0 Å². The lowest BCUT2D eigenvalue weighted by atomic mass is 9.94. The Bertz CT molecular complexity index is 483. The molecule has 18 heavy (non-hydrogen) atoms. The van der Waals surface area contributed by atoms with E-state index in [0.29, 0.717) is 0 Å². The molecule has 0 aliphatic heterocycles. The highest BCUT2D eigenvalue weighted by Crippen LogP contribution is 2.24. The molecule has 94 valence electrons. The van der Waals surface area contributed by atoms with Crippen molar-refractivity contribution in [2.24, 2.45) is 0 Å². The molecule has 0 fully saturated rings. The standard InChI is InChI=1S/C18H22/c1-3-8-15-12-13-18(14-17(15)9-4-2)16-10-6-5-7-11-16/h5-7,10-14H,3-4,8-9H2,1-2H3. The van der Waals surface area contributed by atoms with Gasteiger partial charge < -0.3 is 0 Å². The summed E-state index contributed by atoms with van der Waals surface area (Å²) in [5.74, 6) is 0. The fourth-order valence-corrected chi connectivity index (χ4v) is 2.45. The summed E-state index contributed by atoms with van der Waals surface area (Å²) >= 11 is 0. The Kier molecular flexibility index (Phi) is 4.58. The van der Waals surface area contributed by atoms with Crippen LogP contribution in [-0.2, 0) is 12.8 Å². The molecule has 0 saturated heterocycles. The smallest absolute Gasteiger partial charge is 0.0181 e. The molecule has 2 aromatic carbocycles. The van der Waals surface area contributed by atoms with Crippen molar-refractivity contribution in [3.05, 3.63) is 59.7 Å². The van der Waals surface area contributed by atoms with E-state index in [0.717, 1.165) is 0 Å². The highest BCUT2D eigenvalue weighted by Gasteiger charge is 2.04. The SMILES string of the molecule is CCCc1ccc(-c2ccccc2)cc1CCC.